The van der Waals surface area contributed by atoms with Crippen LogP contribution in [0.2, 0.25) is 0 Å². The van der Waals surface area contributed by atoms with Crippen molar-refractivity contribution in [1.29, 1.82) is 0 Å². The van der Waals surface area contributed by atoms with E-state index in [1.807, 2.05) is 0 Å². The summed E-state index contributed by atoms with van der Waals surface area (Å²) in [6.07, 6.45) is 9.96. The van der Waals surface area contributed by atoms with Crippen molar-refractivity contribution in [1.82, 2.24) is 0 Å². The summed E-state index contributed by atoms with van der Waals surface area (Å²) in [5, 5.41) is 0. The molecule has 0 heterocycles. The SMILES string of the molecule is [CH]1CC1CCC1CC1. The van der Waals surface area contributed by atoms with Gasteiger partial charge in [0.25, 0.3) is 0 Å². The van der Waals surface area contributed by atoms with Crippen molar-refractivity contribution >= 4 is 0 Å². The zero-order valence-corrected chi connectivity index (χ0v) is 5.27. The minimum atomic E-state index is 1.05. The molecule has 0 bridgehead atoms. The molecule has 0 aromatic rings. The predicted octanol–water partition coefficient (Wildman–Crippen LogP) is 2.40. The van der Waals surface area contributed by atoms with Gasteiger partial charge in [-0.3, -0.25) is 0 Å². The zero-order chi connectivity index (χ0) is 5.40. The van der Waals surface area contributed by atoms with E-state index in [-0.39, 0.29) is 0 Å². The van der Waals surface area contributed by atoms with Crippen LogP contribution in [-0.2, 0) is 0 Å². The van der Waals surface area contributed by atoms with Gasteiger partial charge in [-0.25, -0.2) is 0 Å². The lowest BCUT2D eigenvalue weighted by Crippen LogP contribution is -1.77. The third-order valence-corrected chi connectivity index (χ3v) is 2.21. The maximum atomic E-state index is 2.43. The molecule has 2 aliphatic carbocycles. The summed E-state index contributed by atoms with van der Waals surface area (Å²) >= 11 is 0. The summed E-state index contributed by atoms with van der Waals surface area (Å²) in [7, 11) is 0. The quantitative estimate of drug-likeness (QED) is 0.522. The fraction of sp³-hybridized carbons (Fsp3) is 0.875. The summed E-state index contributed by atoms with van der Waals surface area (Å²) in [6.45, 7) is 0. The topological polar surface area (TPSA) is 0 Å². The van der Waals surface area contributed by atoms with E-state index in [4.69, 9.17) is 0 Å². The normalized spacial score (nSPS) is 28.5. The lowest BCUT2D eigenvalue weighted by Gasteiger charge is -1.91. The molecule has 0 N–H and O–H groups in total. The van der Waals surface area contributed by atoms with Crippen LogP contribution in [0, 0.1) is 18.3 Å². The maximum absolute atomic E-state index is 2.43. The van der Waals surface area contributed by atoms with Crippen molar-refractivity contribution in [3.8, 4) is 0 Å². The first-order chi connectivity index (χ1) is 3.95. The molecule has 8 heavy (non-hydrogen) atoms. The monoisotopic (exact) mass is 109 g/mol. The molecule has 1 atom stereocenters. The Balaban J connectivity index is 1.56. The van der Waals surface area contributed by atoms with Crippen LogP contribution in [0.4, 0.5) is 0 Å². The van der Waals surface area contributed by atoms with Gasteiger partial charge in [-0.2, -0.15) is 0 Å². The third kappa shape index (κ3) is 1.24. The van der Waals surface area contributed by atoms with Crippen molar-refractivity contribution < 1.29 is 0 Å². The predicted molar refractivity (Wildman–Crippen MR) is 34.4 cm³/mol. The molecule has 0 aromatic heterocycles. The molecule has 1 radical (unpaired) electrons. The standard InChI is InChI=1S/C8H13/c1-2-7(1)5-6-8-3-4-8/h1,7-8H,2-6H2. The highest BCUT2D eigenvalue weighted by atomic mass is 14.3. The van der Waals surface area contributed by atoms with Gasteiger partial charge in [0.2, 0.25) is 0 Å². The van der Waals surface area contributed by atoms with Crippen LogP contribution in [0.15, 0.2) is 0 Å². The molecular weight excluding hydrogens is 96.1 g/mol. The number of hydrogen-bond acceptors (Lipinski definition) is 0. The van der Waals surface area contributed by atoms with Crippen molar-refractivity contribution in [3.63, 3.8) is 0 Å². The summed E-state index contributed by atoms with van der Waals surface area (Å²) in [5.74, 6) is 2.21. The van der Waals surface area contributed by atoms with Crippen LogP contribution in [0.1, 0.15) is 32.1 Å². The zero-order valence-electron chi connectivity index (χ0n) is 5.27. The van der Waals surface area contributed by atoms with E-state index in [0.717, 1.165) is 11.8 Å². The number of rotatable bonds is 3. The Bertz CT molecular complexity index is 66.0. The van der Waals surface area contributed by atoms with Crippen molar-refractivity contribution in [2.75, 3.05) is 0 Å². The molecule has 2 saturated carbocycles. The molecular formula is C8H13. The van der Waals surface area contributed by atoms with Crippen LogP contribution in [0.5, 0.6) is 0 Å². The van der Waals surface area contributed by atoms with Gasteiger partial charge in [-0.1, -0.05) is 19.3 Å². The van der Waals surface area contributed by atoms with Crippen molar-refractivity contribution in [3.05, 3.63) is 6.42 Å². The van der Waals surface area contributed by atoms with Crippen LogP contribution >= 0.6 is 0 Å². The lowest BCUT2D eigenvalue weighted by molar-refractivity contribution is 0.627. The van der Waals surface area contributed by atoms with E-state index < -0.39 is 0 Å². The molecule has 0 nitrogen and oxygen atoms in total. The summed E-state index contributed by atoms with van der Waals surface area (Å²) in [5.41, 5.74) is 0. The van der Waals surface area contributed by atoms with Gasteiger partial charge < -0.3 is 0 Å². The van der Waals surface area contributed by atoms with Crippen LogP contribution < -0.4 is 0 Å². The minimum Gasteiger partial charge on any atom is -0.0502 e. The Morgan fingerprint density at radius 2 is 2.00 bits per heavy atom. The highest BCUT2D eigenvalue weighted by molar-refractivity contribution is 4.95. The molecule has 0 aliphatic heterocycles. The minimum absolute atomic E-state index is 1.05. The van der Waals surface area contributed by atoms with E-state index in [9.17, 15) is 0 Å². The Morgan fingerprint density at radius 1 is 1.25 bits per heavy atom. The van der Waals surface area contributed by atoms with Crippen molar-refractivity contribution in [2.45, 2.75) is 32.1 Å². The van der Waals surface area contributed by atoms with Crippen molar-refractivity contribution in [2.24, 2.45) is 11.8 Å². The molecule has 0 aromatic carbocycles. The Labute approximate surface area is 51.3 Å². The van der Waals surface area contributed by atoms with E-state index >= 15 is 0 Å². The second kappa shape index (κ2) is 1.75. The Kier molecular flexibility index (Phi) is 1.06. The average Bonchev–Trinajstić information content (AvgIpc) is 2.60. The smallest absolute Gasteiger partial charge is 0.0352 e. The first-order valence-electron chi connectivity index (χ1n) is 3.78. The van der Waals surface area contributed by atoms with Gasteiger partial charge >= 0.3 is 0 Å². The van der Waals surface area contributed by atoms with Gasteiger partial charge in [0.15, 0.2) is 0 Å². The van der Waals surface area contributed by atoms with Crippen LogP contribution in [0.3, 0.4) is 0 Å². The largest absolute Gasteiger partial charge is 0.0502 e. The summed E-state index contributed by atoms with van der Waals surface area (Å²) < 4.78 is 0. The van der Waals surface area contributed by atoms with Gasteiger partial charge in [0.05, 0.1) is 0 Å². The van der Waals surface area contributed by atoms with E-state index in [1.165, 1.54) is 32.1 Å². The Morgan fingerprint density at radius 3 is 2.50 bits per heavy atom. The highest BCUT2D eigenvalue weighted by Gasteiger charge is 2.26. The van der Waals surface area contributed by atoms with E-state index in [1.54, 1.807) is 0 Å². The molecule has 1 unspecified atom stereocenters. The average molecular weight is 109 g/mol. The van der Waals surface area contributed by atoms with Gasteiger partial charge in [-0.15, -0.1) is 0 Å². The fourth-order valence-electron chi connectivity index (χ4n) is 1.19. The second-order valence-electron chi connectivity index (χ2n) is 3.25. The molecule has 0 saturated heterocycles. The van der Waals surface area contributed by atoms with Gasteiger partial charge in [-0.05, 0) is 31.1 Å². The molecule has 2 fully saturated rings. The van der Waals surface area contributed by atoms with E-state index in [0.29, 0.717) is 0 Å². The third-order valence-electron chi connectivity index (χ3n) is 2.21. The molecule has 0 amide bonds. The van der Waals surface area contributed by atoms with Crippen LogP contribution in [-0.4, -0.2) is 0 Å². The van der Waals surface area contributed by atoms with E-state index in [2.05, 4.69) is 6.42 Å². The maximum Gasteiger partial charge on any atom is -0.0352 e. The molecule has 0 spiro atoms. The lowest BCUT2D eigenvalue weighted by atomic mass is 10.2. The van der Waals surface area contributed by atoms with Crippen LogP contribution in [0.25, 0.3) is 0 Å². The number of hydrogen-bond donors (Lipinski definition) is 0. The second-order valence-corrected chi connectivity index (χ2v) is 3.25. The molecule has 45 valence electrons. The summed E-state index contributed by atoms with van der Waals surface area (Å²) in [6, 6.07) is 0. The summed E-state index contributed by atoms with van der Waals surface area (Å²) in [4.78, 5) is 0. The fourth-order valence-corrected chi connectivity index (χ4v) is 1.19. The molecule has 2 rings (SSSR count). The first kappa shape index (κ1) is 4.84. The first-order valence-corrected chi connectivity index (χ1v) is 3.78. The Hall–Kier alpha value is 0. The highest BCUT2D eigenvalue weighted by Crippen LogP contribution is 2.39. The van der Waals surface area contributed by atoms with Gasteiger partial charge in [0, 0.05) is 0 Å². The molecule has 2 aliphatic rings. The van der Waals surface area contributed by atoms with Gasteiger partial charge in [0.1, 0.15) is 0 Å². The molecule has 0 heteroatoms.